The van der Waals surface area contributed by atoms with Gasteiger partial charge >= 0.3 is 0 Å². The first-order valence-corrected chi connectivity index (χ1v) is 6.81. The van der Waals surface area contributed by atoms with Crippen LogP contribution in [0.2, 0.25) is 0 Å². The third-order valence-electron chi connectivity index (χ3n) is 3.71. The van der Waals surface area contributed by atoms with Crippen molar-refractivity contribution in [1.29, 1.82) is 5.26 Å². The second-order valence-electron chi connectivity index (χ2n) is 5.05. The molecular weight excluding hydrogens is 262 g/mol. The lowest BCUT2D eigenvalue weighted by Crippen LogP contribution is -1.95. The van der Waals surface area contributed by atoms with Crippen molar-refractivity contribution in [2.75, 3.05) is 0 Å². The zero-order chi connectivity index (χ0) is 14.8. The van der Waals surface area contributed by atoms with Crippen LogP contribution in [0.15, 0.2) is 48.0 Å². The number of nitrogens with zero attached hydrogens (tertiary/aromatic N) is 1. The molecule has 3 heteroatoms. The smallest absolute Gasteiger partial charge is 0.128 e. The minimum absolute atomic E-state index is 0.0279. The van der Waals surface area contributed by atoms with Gasteiger partial charge in [-0.25, -0.2) is 0 Å². The molecule has 0 saturated heterocycles. The highest BCUT2D eigenvalue weighted by Crippen LogP contribution is 2.38. The lowest BCUT2D eigenvalue weighted by Gasteiger charge is -2.12. The maximum absolute atomic E-state index is 9.34. The first kappa shape index (κ1) is 13.4. The molecule has 0 spiro atoms. The number of nitriles is 1. The minimum atomic E-state index is -0.0279. The van der Waals surface area contributed by atoms with Crippen molar-refractivity contribution < 1.29 is 9.84 Å². The molecule has 104 valence electrons. The summed E-state index contributed by atoms with van der Waals surface area (Å²) in [5.74, 6) is 0.711. The van der Waals surface area contributed by atoms with Gasteiger partial charge in [0.1, 0.15) is 12.4 Å². The third-order valence-corrected chi connectivity index (χ3v) is 3.71. The van der Waals surface area contributed by atoms with Gasteiger partial charge in [-0.05, 0) is 29.7 Å². The molecule has 0 bridgehead atoms. The van der Waals surface area contributed by atoms with E-state index in [0.29, 0.717) is 17.9 Å². The summed E-state index contributed by atoms with van der Waals surface area (Å²) in [6.45, 7) is 2.25. The van der Waals surface area contributed by atoms with Gasteiger partial charge in [0, 0.05) is 16.7 Å². The fraction of sp³-hybridized carbons (Fsp3) is 0.167. The molecule has 21 heavy (non-hydrogen) atoms. The van der Waals surface area contributed by atoms with Crippen LogP contribution in [0, 0.1) is 11.3 Å². The Kier molecular flexibility index (Phi) is 3.47. The fourth-order valence-electron chi connectivity index (χ4n) is 2.64. The molecule has 1 aliphatic heterocycles. The Bertz CT molecular complexity index is 769. The van der Waals surface area contributed by atoms with Gasteiger partial charge < -0.3 is 9.84 Å². The Hall–Kier alpha value is -2.57. The first-order valence-electron chi connectivity index (χ1n) is 6.81. The van der Waals surface area contributed by atoms with E-state index in [0.717, 1.165) is 27.8 Å². The molecular formula is C18H15NO2. The van der Waals surface area contributed by atoms with Crippen molar-refractivity contribution in [3.63, 3.8) is 0 Å². The number of allylic oxidation sites excluding steroid dienone is 1. The maximum atomic E-state index is 9.34. The van der Waals surface area contributed by atoms with Crippen LogP contribution < -0.4 is 4.74 Å². The number of aliphatic hydroxyl groups is 1. The zero-order valence-electron chi connectivity index (χ0n) is 11.8. The molecule has 0 saturated carbocycles. The van der Waals surface area contributed by atoms with E-state index in [2.05, 4.69) is 6.07 Å². The Morgan fingerprint density at radius 2 is 2.05 bits per heavy atom. The summed E-state index contributed by atoms with van der Waals surface area (Å²) in [5.41, 5.74) is 5.36. The summed E-state index contributed by atoms with van der Waals surface area (Å²) in [7, 11) is 0. The van der Waals surface area contributed by atoms with Crippen LogP contribution in [-0.4, -0.2) is 5.11 Å². The highest BCUT2D eigenvalue weighted by atomic mass is 16.5. The van der Waals surface area contributed by atoms with Crippen molar-refractivity contribution in [3.05, 3.63) is 70.3 Å². The average molecular weight is 277 g/mol. The van der Waals surface area contributed by atoms with Crippen LogP contribution in [0.5, 0.6) is 5.75 Å². The number of ether oxygens (including phenoxy) is 1. The molecule has 1 heterocycles. The average Bonchev–Trinajstić information content (AvgIpc) is 2.70. The largest absolute Gasteiger partial charge is 0.488 e. The van der Waals surface area contributed by atoms with Gasteiger partial charge in [-0.15, -0.1) is 0 Å². The number of rotatable bonds is 1. The van der Waals surface area contributed by atoms with E-state index < -0.39 is 0 Å². The van der Waals surface area contributed by atoms with Crippen molar-refractivity contribution in [1.82, 2.24) is 0 Å². The Labute approximate surface area is 123 Å². The molecule has 0 aromatic heterocycles. The molecule has 0 aliphatic carbocycles. The second kappa shape index (κ2) is 5.43. The van der Waals surface area contributed by atoms with Gasteiger partial charge in [0.15, 0.2) is 0 Å². The number of fused-ring (bicyclic) bond motifs is 2. The van der Waals surface area contributed by atoms with Crippen LogP contribution in [0.3, 0.4) is 0 Å². The monoisotopic (exact) mass is 277 g/mol. The lowest BCUT2D eigenvalue weighted by molar-refractivity contribution is 0.278. The Morgan fingerprint density at radius 3 is 2.81 bits per heavy atom. The molecule has 3 nitrogen and oxygen atoms in total. The van der Waals surface area contributed by atoms with Crippen LogP contribution >= 0.6 is 0 Å². The molecule has 2 aromatic carbocycles. The molecule has 0 atom stereocenters. The predicted molar refractivity (Wildman–Crippen MR) is 80.4 cm³/mol. The van der Waals surface area contributed by atoms with Crippen LogP contribution in [0.25, 0.3) is 5.57 Å². The fourth-order valence-corrected chi connectivity index (χ4v) is 2.64. The zero-order valence-corrected chi connectivity index (χ0v) is 11.8. The topological polar surface area (TPSA) is 53.2 Å². The van der Waals surface area contributed by atoms with E-state index in [9.17, 15) is 10.4 Å². The van der Waals surface area contributed by atoms with E-state index in [-0.39, 0.29) is 6.61 Å². The number of aliphatic hydroxyl groups excluding tert-OH is 1. The van der Waals surface area contributed by atoms with Gasteiger partial charge in [-0.2, -0.15) is 5.26 Å². The van der Waals surface area contributed by atoms with E-state index in [1.807, 2.05) is 49.4 Å². The summed E-state index contributed by atoms with van der Waals surface area (Å²) in [5, 5.41) is 18.6. The van der Waals surface area contributed by atoms with Crippen molar-refractivity contribution in [2.45, 2.75) is 20.1 Å². The van der Waals surface area contributed by atoms with Gasteiger partial charge in [-0.3, -0.25) is 0 Å². The number of benzene rings is 2. The molecule has 0 fully saturated rings. The van der Waals surface area contributed by atoms with E-state index >= 15 is 0 Å². The van der Waals surface area contributed by atoms with Crippen molar-refractivity contribution in [3.8, 4) is 11.8 Å². The molecule has 2 aromatic rings. The summed E-state index contributed by atoms with van der Waals surface area (Å²) in [6, 6.07) is 15.8. The van der Waals surface area contributed by atoms with Gasteiger partial charge in [0.2, 0.25) is 0 Å². The Morgan fingerprint density at radius 1 is 1.24 bits per heavy atom. The van der Waals surface area contributed by atoms with Crippen LogP contribution in [0.4, 0.5) is 0 Å². The van der Waals surface area contributed by atoms with Crippen molar-refractivity contribution >= 4 is 5.57 Å². The predicted octanol–water partition coefficient (Wildman–Crippen LogP) is 3.42. The maximum Gasteiger partial charge on any atom is 0.128 e. The van der Waals surface area contributed by atoms with E-state index in [1.165, 1.54) is 0 Å². The molecule has 0 unspecified atom stereocenters. The minimum Gasteiger partial charge on any atom is -0.488 e. The molecule has 3 rings (SSSR count). The lowest BCUT2D eigenvalue weighted by atomic mass is 9.90. The SMILES string of the molecule is CC(C#N)=C1c2ccccc2COc2cc(CO)ccc21. The quantitative estimate of drug-likeness (QED) is 0.813. The third kappa shape index (κ3) is 2.31. The number of hydrogen-bond donors (Lipinski definition) is 1. The molecule has 0 radical (unpaired) electrons. The van der Waals surface area contributed by atoms with Gasteiger partial charge in [0.25, 0.3) is 0 Å². The summed E-state index contributed by atoms with van der Waals surface area (Å²) < 4.78 is 5.89. The van der Waals surface area contributed by atoms with Crippen LogP contribution in [-0.2, 0) is 13.2 Å². The normalized spacial score (nSPS) is 15.1. The van der Waals surface area contributed by atoms with Crippen molar-refractivity contribution in [2.24, 2.45) is 0 Å². The molecule has 1 N–H and O–H groups in total. The van der Waals surface area contributed by atoms with Gasteiger partial charge in [-0.1, -0.05) is 36.4 Å². The Balaban J connectivity index is 2.30. The summed E-state index contributed by atoms with van der Waals surface area (Å²) in [4.78, 5) is 0. The van der Waals surface area contributed by atoms with E-state index in [4.69, 9.17) is 4.74 Å². The van der Waals surface area contributed by atoms with Crippen LogP contribution in [0.1, 0.15) is 29.2 Å². The summed E-state index contributed by atoms with van der Waals surface area (Å²) in [6.07, 6.45) is 0. The van der Waals surface area contributed by atoms with E-state index in [1.54, 1.807) is 0 Å². The summed E-state index contributed by atoms with van der Waals surface area (Å²) >= 11 is 0. The highest BCUT2D eigenvalue weighted by molar-refractivity contribution is 5.88. The number of hydrogen-bond acceptors (Lipinski definition) is 3. The highest BCUT2D eigenvalue weighted by Gasteiger charge is 2.21. The van der Waals surface area contributed by atoms with Gasteiger partial charge in [0.05, 0.1) is 12.7 Å². The first-order chi connectivity index (χ1) is 10.2. The second-order valence-corrected chi connectivity index (χ2v) is 5.05. The standard InChI is InChI=1S/C18H15NO2/c1-12(9-19)18-15-5-3-2-4-14(15)11-21-17-8-13(10-20)6-7-16(17)18/h2-8,20H,10-11H2,1H3. The molecule has 0 amide bonds. The molecule has 1 aliphatic rings.